The maximum atomic E-state index is 12.5. The van der Waals surface area contributed by atoms with E-state index < -0.39 is 0 Å². The summed E-state index contributed by atoms with van der Waals surface area (Å²) in [5, 5.41) is 0.629. The average molecular weight is 326 g/mol. The third-order valence-corrected chi connectivity index (χ3v) is 4.66. The molecule has 1 fully saturated rings. The summed E-state index contributed by atoms with van der Waals surface area (Å²) in [5.74, 6) is 1.04. The molecule has 5 heteroatoms. The molecule has 0 radical (unpaired) electrons. The van der Waals surface area contributed by atoms with Gasteiger partial charge in [-0.25, -0.2) is 0 Å². The number of Topliss-reactive ketones (excluding diaryl/α,β-unsaturated/α-hetero) is 1. The van der Waals surface area contributed by atoms with Crippen molar-refractivity contribution in [3.8, 4) is 0 Å². The van der Waals surface area contributed by atoms with Crippen molar-refractivity contribution in [1.29, 1.82) is 0 Å². The van der Waals surface area contributed by atoms with Gasteiger partial charge in [0.05, 0.1) is 0 Å². The molecular formula is C16H20ClNO2S. The van der Waals surface area contributed by atoms with Gasteiger partial charge in [0.1, 0.15) is 0 Å². The Morgan fingerprint density at radius 3 is 2.71 bits per heavy atom. The average Bonchev–Trinajstić information content (AvgIpc) is 2.52. The number of amides is 1. The third kappa shape index (κ3) is 4.48. The molecule has 0 saturated carbocycles. The highest BCUT2D eigenvalue weighted by molar-refractivity contribution is 7.98. The van der Waals surface area contributed by atoms with Gasteiger partial charge in [-0.1, -0.05) is 11.6 Å². The number of hydrogen-bond acceptors (Lipinski definition) is 3. The summed E-state index contributed by atoms with van der Waals surface area (Å²) in [4.78, 5) is 26.4. The normalized spacial score (nSPS) is 18.6. The number of thioether (sulfide) groups is 1. The molecule has 0 unspecified atom stereocenters. The van der Waals surface area contributed by atoms with Gasteiger partial charge >= 0.3 is 0 Å². The van der Waals surface area contributed by atoms with Crippen LogP contribution in [-0.4, -0.2) is 41.7 Å². The van der Waals surface area contributed by atoms with E-state index in [9.17, 15) is 9.59 Å². The Morgan fingerprint density at radius 2 is 2.05 bits per heavy atom. The molecule has 3 nitrogen and oxygen atoms in total. The van der Waals surface area contributed by atoms with Gasteiger partial charge in [-0.2, -0.15) is 11.8 Å². The minimum absolute atomic E-state index is 0.0850. The first-order chi connectivity index (χ1) is 10.1. The maximum absolute atomic E-state index is 12.5. The highest BCUT2D eigenvalue weighted by atomic mass is 35.5. The van der Waals surface area contributed by atoms with Crippen LogP contribution < -0.4 is 0 Å². The lowest BCUT2D eigenvalue weighted by molar-refractivity contribution is -0.132. The van der Waals surface area contributed by atoms with Crippen LogP contribution in [0.15, 0.2) is 24.3 Å². The summed E-state index contributed by atoms with van der Waals surface area (Å²) in [6.07, 6.45) is 4.31. The number of benzene rings is 1. The van der Waals surface area contributed by atoms with Crippen molar-refractivity contribution in [2.75, 3.05) is 25.1 Å². The van der Waals surface area contributed by atoms with Gasteiger partial charge < -0.3 is 4.90 Å². The van der Waals surface area contributed by atoms with Crippen LogP contribution in [-0.2, 0) is 4.79 Å². The van der Waals surface area contributed by atoms with Crippen LogP contribution in [0.1, 0.15) is 29.6 Å². The molecule has 0 N–H and O–H groups in total. The van der Waals surface area contributed by atoms with E-state index in [0.717, 1.165) is 25.1 Å². The first-order valence-electron chi connectivity index (χ1n) is 7.18. The van der Waals surface area contributed by atoms with E-state index in [-0.39, 0.29) is 17.6 Å². The van der Waals surface area contributed by atoms with Crippen LogP contribution in [0.25, 0.3) is 0 Å². The Labute approximate surface area is 135 Å². The monoisotopic (exact) mass is 325 g/mol. The van der Waals surface area contributed by atoms with Crippen LogP contribution >= 0.6 is 23.4 Å². The Morgan fingerprint density at radius 1 is 1.33 bits per heavy atom. The molecule has 1 heterocycles. The van der Waals surface area contributed by atoms with E-state index in [2.05, 4.69) is 0 Å². The molecule has 1 aromatic rings. The molecule has 1 saturated heterocycles. The smallest absolute Gasteiger partial charge is 0.223 e. The second kappa shape index (κ2) is 7.85. The predicted octanol–water partition coefficient (Wildman–Crippen LogP) is 3.51. The van der Waals surface area contributed by atoms with Crippen molar-refractivity contribution in [3.63, 3.8) is 0 Å². The summed E-state index contributed by atoms with van der Waals surface area (Å²) in [6, 6.07) is 7.00. The molecule has 0 bridgehead atoms. The van der Waals surface area contributed by atoms with Crippen molar-refractivity contribution < 1.29 is 9.59 Å². The molecular weight excluding hydrogens is 306 g/mol. The van der Waals surface area contributed by atoms with E-state index in [0.29, 0.717) is 23.6 Å². The summed E-state index contributed by atoms with van der Waals surface area (Å²) in [7, 11) is 0. The number of likely N-dealkylation sites (tertiary alicyclic amines) is 1. The van der Waals surface area contributed by atoms with Gasteiger partial charge in [0, 0.05) is 41.8 Å². The minimum Gasteiger partial charge on any atom is -0.342 e. The van der Waals surface area contributed by atoms with E-state index in [4.69, 9.17) is 11.6 Å². The topological polar surface area (TPSA) is 37.4 Å². The lowest BCUT2D eigenvalue weighted by Crippen LogP contribution is -2.42. The van der Waals surface area contributed by atoms with Crippen molar-refractivity contribution in [1.82, 2.24) is 4.90 Å². The highest BCUT2D eigenvalue weighted by Crippen LogP contribution is 2.22. The Hall–Kier alpha value is -1.00. The maximum Gasteiger partial charge on any atom is 0.223 e. The van der Waals surface area contributed by atoms with Crippen molar-refractivity contribution >= 4 is 35.1 Å². The van der Waals surface area contributed by atoms with Gasteiger partial charge in [0.15, 0.2) is 5.78 Å². The van der Waals surface area contributed by atoms with E-state index in [1.54, 1.807) is 36.0 Å². The second-order valence-electron chi connectivity index (χ2n) is 5.29. The zero-order valence-electron chi connectivity index (χ0n) is 12.2. The number of piperidine rings is 1. The molecule has 0 aliphatic carbocycles. The number of rotatable bonds is 5. The number of carbonyl (C=O) groups is 2. The van der Waals surface area contributed by atoms with Gasteiger partial charge in [0.2, 0.25) is 5.91 Å². The zero-order valence-corrected chi connectivity index (χ0v) is 13.8. The molecule has 0 spiro atoms. The molecule has 1 atom stereocenters. The molecule has 1 aliphatic heterocycles. The fraction of sp³-hybridized carbons (Fsp3) is 0.500. The van der Waals surface area contributed by atoms with Crippen LogP contribution in [0.2, 0.25) is 5.02 Å². The summed E-state index contributed by atoms with van der Waals surface area (Å²) >= 11 is 7.52. The third-order valence-electron chi connectivity index (χ3n) is 3.79. The molecule has 21 heavy (non-hydrogen) atoms. The van der Waals surface area contributed by atoms with E-state index in [1.165, 1.54) is 0 Å². The van der Waals surface area contributed by atoms with Gasteiger partial charge in [0.25, 0.3) is 0 Å². The van der Waals surface area contributed by atoms with Crippen molar-refractivity contribution in [2.24, 2.45) is 5.92 Å². The fourth-order valence-corrected chi connectivity index (χ4v) is 3.12. The van der Waals surface area contributed by atoms with Gasteiger partial charge in [-0.05, 0) is 43.4 Å². The minimum atomic E-state index is -0.0850. The lowest BCUT2D eigenvalue weighted by Gasteiger charge is -2.32. The second-order valence-corrected chi connectivity index (χ2v) is 6.71. The molecule has 114 valence electrons. The molecule has 2 rings (SSSR count). The highest BCUT2D eigenvalue weighted by Gasteiger charge is 2.28. The first kappa shape index (κ1) is 16.4. The number of carbonyl (C=O) groups excluding carboxylic acids is 2. The molecule has 1 aromatic carbocycles. The molecule has 1 aliphatic rings. The Bertz CT molecular complexity index is 504. The molecule has 0 aromatic heterocycles. The lowest BCUT2D eigenvalue weighted by atomic mass is 9.90. The van der Waals surface area contributed by atoms with E-state index >= 15 is 0 Å². The quantitative estimate of drug-likeness (QED) is 0.777. The van der Waals surface area contributed by atoms with Crippen LogP contribution in [0, 0.1) is 5.92 Å². The van der Waals surface area contributed by atoms with Gasteiger partial charge in [-0.15, -0.1) is 0 Å². The van der Waals surface area contributed by atoms with E-state index in [1.807, 2.05) is 11.2 Å². The predicted molar refractivity (Wildman–Crippen MR) is 88.1 cm³/mol. The number of hydrogen-bond donors (Lipinski definition) is 0. The van der Waals surface area contributed by atoms with Gasteiger partial charge in [-0.3, -0.25) is 9.59 Å². The Kier molecular flexibility index (Phi) is 6.12. The summed E-state index contributed by atoms with van der Waals surface area (Å²) in [5.41, 5.74) is 0.683. The standard InChI is InChI=1S/C16H20ClNO2S/c1-21-10-8-15(19)18-9-2-3-13(11-18)16(20)12-4-6-14(17)7-5-12/h4-7,13H,2-3,8-11H2,1H3/t13-/m1/s1. The van der Waals surface area contributed by atoms with Crippen molar-refractivity contribution in [2.45, 2.75) is 19.3 Å². The fourth-order valence-electron chi connectivity index (χ4n) is 2.62. The van der Waals surface area contributed by atoms with Crippen LogP contribution in [0.5, 0.6) is 0 Å². The largest absolute Gasteiger partial charge is 0.342 e. The van der Waals surface area contributed by atoms with Crippen LogP contribution in [0.4, 0.5) is 0 Å². The molecule has 1 amide bonds. The number of halogens is 1. The summed E-state index contributed by atoms with van der Waals surface area (Å²) < 4.78 is 0. The summed E-state index contributed by atoms with van der Waals surface area (Å²) in [6.45, 7) is 1.33. The number of nitrogens with zero attached hydrogens (tertiary/aromatic N) is 1. The van der Waals surface area contributed by atoms with Crippen LogP contribution in [0.3, 0.4) is 0 Å². The number of ketones is 1. The SMILES string of the molecule is CSCCC(=O)N1CCC[C@@H](C(=O)c2ccc(Cl)cc2)C1. The Balaban J connectivity index is 1.98. The van der Waals surface area contributed by atoms with Crippen molar-refractivity contribution in [3.05, 3.63) is 34.9 Å². The first-order valence-corrected chi connectivity index (χ1v) is 8.95. The zero-order chi connectivity index (χ0) is 15.2.